The largest absolute Gasteiger partial charge is 0.467 e. The van der Waals surface area contributed by atoms with Crippen LogP contribution in [0.25, 0.3) is 0 Å². The van der Waals surface area contributed by atoms with Crippen molar-refractivity contribution in [2.75, 3.05) is 6.61 Å². The fourth-order valence-electron chi connectivity index (χ4n) is 3.52. The molecule has 110 valence electrons. The van der Waals surface area contributed by atoms with E-state index < -0.39 is 0 Å². The van der Waals surface area contributed by atoms with E-state index in [1.807, 2.05) is 0 Å². The number of fused-ring (bicyclic) bond motifs is 2. The van der Waals surface area contributed by atoms with Gasteiger partial charge in [-0.05, 0) is 38.7 Å². The maximum absolute atomic E-state index is 11.9. The molecule has 2 unspecified atom stereocenters. The summed E-state index contributed by atoms with van der Waals surface area (Å²) in [7, 11) is 0. The average Bonchev–Trinajstić information content (AvgIpc) is 2.95. The van der Waals surface area contributed by atoms with Crippen LogP contribution in [0.4, 0.5) is 0 Å². The molecule has 2 aliphatic rings. The Hall–Kier alpha value is -1.33. The number of ether oxygens (including phenoxy) is 1. The van der Waals surface area contributed by atoms with Gasteiger partial charge in [-0.15, -0.1) is 0 Å². The lowest BCUT2D eigenvalue weighted by molar-refractivity contribution is 0.0266. The van der Waals surface area contributed by atoms with Gasteiger partial charge in [0.05, 0.1) is 25.5 Å². The summed E-state index contributed by atoms with van der Waals surface area (Å²) in [5.41, 5.74) is 0.525. The first kappa shape index (κ1) is 13.6. The number of piperidine rings is 1. The van der Waals surface area contributed by atoms with Gasteiger partial charge in [0.1, 0.15) is 11.3 Å². The lowest BCUT2D eigenvalue weighted by Gasteiger charge is -2.36. The zero-order valence-corrected chi connectivity index (χ0v) is 11.7. The summed E-state index contributed by atoms with van der Waals surface area (Å²) < 4.78 is 10.5. The van der Waals surface area contributed by atoms with Gasteiger partial charge in [-0.3, -0.25) is 4.90 Å². The SMILES string of the molecule is CCOC(=O)c1ccoc1CN1C2CCC1CC(O)C2. The topological polar surface area (TPSA) is 62.9 Å². The summed E-state index contributed by atoms with van der Waals surface area (Å²) in [5.74, 6) is 0.359. The Morgan fingerprint density at radius 1 is 1.45 bits per heavy atom. The van der Waals surface area contributed by atoms with E-state index in [9.17, 15) is 9.90 Å². The number of hydrogen-bond donors (Lipinski definition) is 1. The molecular weight excluding hydrogens is 258 g/mol. The fraction of sp³-hybridized carbons (Fsp3) is 0.667. The number of nitrogens with zero attached hydrogens (tertiary/aromatic N) is 1. The Balaban J connectivity index is 1.73. The van der Waals surface area contributed by atoms with Crippen molar-refractivity contribution < 1.29 is 19.1 Å². The van der Waals surface area contributed by atoms with E-state index in [1.54, 1.807) is 19.3 Å². The van der Waals surface area contributed by atoms with Gasteiger partial charge >= 0.3 is 5.97 Å². The van der Waals surface area contributed by atoms with Crippen molar-refractivity contribution >= 4 is 5.97 Å². The third-order valence-electron chi connectivity index (χ3n) is 4.43. The molecule has 5 heteroatoms. The van der Waals surface area contributed by atoms with E-state index >= 15 is 0 Å². The molecule has 0 amide bonds. The minimum absolute atomic E-state index is 0.176. The summed E-state index contributed by atoms with van der Waals surface area (Å²) >= 11 is 0. The van der Waals surface area contributed by atoms with Crippen molar-refractivity contribution in [2.45, 2.75) is 57.3 Å². The third kappa shape index (κ3) is 2.47. The van der Waals surface area contributed by atoms with Crippen molar-refractivity contribution in [2.24, 2.45) is 0 Å². The van der Waals surface area contributed by atoms with Crippen molar-refractivity contribution in [1.29, 1.82) is 0 Å². The maximum Gasteiger partial charge on any atom is 0.341 e. The van der Waals surface area contributed by atoms with Gasteiger partial charge in [0.2, 0.25) is 0 Å². The molecule has 0 aliphatic carbocycles. The number of esters is 1. The molecular formula is C15H21NO4. The highest BCUT2D eigenvalue weighted by molar-refractivity contribution is 5.90. The van der Waals surface area contributed by atoms with Crippen LogP contribution in [0.15, 0.2) is 16.7 Å². The van der Waals surface area contributed by atoms with E-state index in [-0.39, 0.29) is 12.1 Å². The van der Waals surface area contributed by atoms with Crippen molar-refractivity contribution in [3.8, 4) is 0 Å². The molecule has 3 heterocycles. The maximum atomic E-state index is 11.9. The molecule has 2 bridgehead atoms. The Morgan fingerprint density at radius 3 is 2.80 bits per heavy atom. The molecule has 0 spiro atoms. The highest BCUT2D eigenvalue weighted by Crippen LogP contribution is 2.37. The lowest BCUT2D eigenvalue weighted by Crippen LogP contribution is -2.44. The molecule has 2 aliphatic heterocycles. The first-order valence-corrected chi connectivity index (χ1v) is 7.36. The van der Waals surface area contributed by atoms with Crippen LogP contribution in [0.3, 0.4) is 0 Å². The molecule has 2 atom stereocenters. The first-order valence-electron chi connectivity index (χ1n) is 7.36. The molecule has 2 saturated heterocycles. The van der Waals surface area contributed by atoms with Gasteiger partial charge in [0.15, 0.2) is 0 Å². The number of furan rings is 1. The van der Waals surface area contributed by atoms with Crippen molar-refractivity contribution in [3.63, 3.8) is 0 Å². The highest BCUT2D eigenvalue weighted by Gasteiger charge is 2.40. The van der Waals surface area contributed by atoms with Gasteiger partial charge in [-0.1, -0.05) is 0 Å². The minimum Gasteiger partial charge on any atom is -0.467 e. The Bertz CT molecular complexity index is 470. The predicted octanol–water partition coefficient (Wildman–Crippen LogP) is 1.94. The molecule has 0 aromatic carbocycles. The molecule has 0 radical (unpaired) electrons. The molecule has 1 N–H and O–H groups in total. The van der Waals surface area contributed by atoms with Gasteiger partial charge in [-0.25, -0.2) is 4.79 Å². The Morgan fingerprint density at radius 2 is 2.15 bits per heavy atom. The molecule has 3 rings (SSSR count). The summed E-state index contributed by atoms with van der Waals surface area (Å²) in [4.78, 5) is 14.2. The monoisotopic (exact) mass is 279 g/mol. The first-order chi connectivity index (χ1) is 9.69. The van der Waals surface area contributed by atoms with E-state index in [2.05, 4.69) is 4.90 Å². The standard InChI is InChI=1S/C15H21NO4/c1-2-19-15(18)13-5-6-20-14(13)9-16-10-3-4-11(16)8-12(17)7-10/h5-6,10-12,17H,2-4,7-9H2,1H3. The van der Waals surface area contributed by atoms with E-state index in [4.69, 9.17) is 9.15 Å². The van der Waals surface area contributed by atoms with Gasteiger partial charge in [0, 0.05) is 12.1 Å². The van der Waals surface area contributed by atoms with E-state index in [1.165, 1.54) is 0 Å². The number of aliphatic hydroxyl groups is 1. The lowest BCUT2D eigenvalue weighted by atomic mass is 9.99. The van der Waals surface area contributed by atoms with Gasteiger partial charge in [0.25, 0.3) is 0 Å². The quantitative estimate of drug-likeness (QED) is 0.853. The van der Waals surface area contributed by atoms with Crippen LogP contribution < -0.4 is 0 Å². The second-order valence-electron chi connectivity index (χ2n) is 5.66. The molecule has 0 saturated carbocycles. The number of aliphatic hydroxyl groups excluding tert-OH is 1. The fourth-order valence-corrected chi connectivity index (χ4v) is 3.52. The molecule has 2 fully saturated rings. The zero-order chi connectivity index (χ0) is 14.1. The van der Waals surface area contributed by atoms with Crippen LogP contribution in [0.5, 0.6) is 0 Å². The molecule has 1 aromatic rings. The molecule has 5 nitrogen and oxygen atoms in total. The van der Waals surface area contributed by atoms with Crippen molar-refractivity contribution in [3.05, 3.63) is 23.7 Å². The molecule has 20 heavy (non-hydrogen) atoms. The normalized spacial score (nSPS) is 29.6. The predicted molar refractivity (Wildman–Crippen MR) is 72.3 cm³/mol. The summed E-state index contributed by atoms with van der Waals surface area (Å²) in [6.45, 7) is 2.79. The Labute approximate surface area is 118 Å². The molecule has 1 aromatic heterocycles. The zero-order valence-electron chi connectivity index (χ0n) is 11.7. The number of carbonyl (C=O) groups is 1. The van der Waals surface area contributed by atoms with Gasteiger partial charge in [-0.2, -0.15) is 0 Å². The second kappa shape index (κ2) is 5.58. The summed E-state index contributed by atoms with van der Waals surface area (Å²) in [5, 5.41) is 9.82. The van der Waals surface area contributed by atoms with Crippen LogP contribution in [0.1, 0.15) is 48.7 Å². The van der Waals surface area contributed by atoms with Crippen LogP contribution in [-0.2, 0) is 11.3 Å². The Kier molecular flexibility index (Phi) is 3.81. The van der Waals surface area contributed by atoms with Crippen LogP contribution in [0, 0.1) is 0 Å². The average molecular weight is 279 g/mol. The number of carbonyl (C=O) groups excluding carboxylic acids is 1. The van der Waals surface area contributed by atoms with Crippen LogP contribution >= 0.6 is 0 Å². The number of rotatable bonds is 4. The van der Waals surface area contributed by atoms with E-state index in [0.717, 1.165) is 25.7 Å². The second-order valence-corrected chi connectivity index (χ2v) is 5.66. The highest BCUT2D eigenvalue weighted by atomic mass is 16.5. The van der Waals surface area contributed by atoms with E-state index in [0.29, 0.717) is 36.6 Å². The summed E-state index contributed by atoms with van der Waals surface area (Å²) in [6, 6.07) is 2.49. The third-order valence-corrected chi connectivity index (χ3v) is 4.43. The van der Waals surface area contributed by atoms with Crippen molar-refractivity contribution in [1.82, 2.24) is 4.90 Å². The smallest absolute Gasteiger partial charge is 0.341 e. The minimum atomic E-state index is -0.319. The van der Waals surface area contributed by atoms with Gasteiger partial charge < -0.3 is 14.3 Å². The number of hydrogen-bond acceptors (Lipinski definition) is 5. The van der Waals surface area contributed by atoms with Crippen LogP contribution in [-0.4, -0.2) is 40.8 Å². The van der Waals surface area contributed by atoms with Crippen LogP contribution in [0.2, 0.25) is 0 Å². The summed E-state index contributed by atoms with van der Waals surface area (Å²) in [6.07, 6.45) is 5.26.